The number of hydrogen-bond donors (Lipinski definition) is 1. The molecule has 5 nitrogen and oxygen atoms in total. The summed E-state index contributed by atoms with van der Waals surface area (Å²) in [5.74, 6) is -1.06. The van der Waals surface area contributed by atoms with Gasteiger partial charge in [0.05, 0.1) is 25.5 Å². The van der Waals surface area contributed by atoms with Gasteiger partial charge in [-0.1, -0.05) is 0 Å². The van der Waals surface area contributed by atoms with Gasteiger partial charge in [-0.15, -0.1) is 0 Å². The van der Waals surface area contributed by atoms with Crippen LogP contribution in [0, 0.1) is 11.6 Å². The summed E-state index contributed by atoms with van der Waals surface area (Å²) in [5.41, 5.74) is 0.0743. The van der Waals surface area contributed by atoms with Crippen LogP contribution in [0.5, 0.6) is 17.2 Å². The summed E-state index contributed by atoms with van der Waals surface area (Å²) < 4.78 is 43.4. The normalized spacial score (nSPS) is 10.3. The maximum Gasteiger partial charge on any atom is 0.256 e. The Morgan fingerprint density at radius 2 is 1.50 bits per heavy atom. The van der Waals surface area contributed by atoms with Crippen molar-refractivity contribution in [1.82, 2.24) is 0 Å². The zero-order valence-electron chi connectivity index (χ0n) is 14.9. The zero-order chi connectivity index (χ0) is 19.1. The maximum absolute atomic E-state index is 13.8. The lowest BCUT2D eigenvalue weighted by Crippen LogP contribution is -2.14. The van der Waals surface area contributed by atoms with Gasteiger partial charge >= 0.3 is 0 Å². The van der Waals surface area contributed by atoms with Crippen molar-refractivity contribution in [3.8, 4) is 17.2 Å². The van der Waals surface area contributed by atoms with Crippen LogP contribution in [-0.4, -0.2) is 25.7 Å². The highest BCUT2D eigenvalue weighted by Gasteiger charge is 2.19. The summed E-state index contributed by atoms with van der Waals surface area (Å²) >= 11 is 0. The minimum atomic E-state index is -0.862. The second-order valence-corrected chi connectivity index (χ2v) is 5.18. The molecule has 2 aromatic carbocycles. The van der Waals surface area contributed by atoms with Crippen LogP contribution in [0.25, 0.3) is 0 Å². The minimum Gasteiger partial charge on any atom is -0.490 e. The van der Waals surface area contributed by atoms with E-state index in [0.717, 1.165) is 12.1 Å². The molecule has 0 fully saturated rings. The van der Waals surface area contributed by atoms with E-state index in [4.69, 9.17) is 14.2 Å². The standard InChI is InChI=1S/C19H21F2NO4/c1-4-24-16-9-12(10-17(25-5-2)18(16)26-6-3)19(23)22-15-8-7-13(20)11-14(15)21/h7-11H,4-6H2,1-3H3,(H,22,23). The number of carbonyl (C=O) groups excluding carboxylic acids is 1. The molecule has 0 aliphatic rings. The van der Waals surface area contributed by atoms with Gasteiger partial charge in [0.1, 0.15) is 11.6 Å². The van der Waals surface area contributed by atoms with E-state index in [1.165, 1.54) is 12.1 Å². The molecule has 0 saturated heterocycles. The molecule has 0 unspecified atom stereocenters. The van der Waals surface area contributed by atoms with Gasteiger partial charge in [0.25, 0.3) is 5.91 Å². The molecule has 2 rings (SSSR count). The highest BCUT2D eigenvalue weighted by atomic mass is 19.1. The molecule has 1 N–H and O–H groups in total. The molecule has 7 heteroatoms. The summed E-state index contributed by atoms with van der Waals surface area (Å²) in [6, 6.07) is 5.91. The van der Waals surface area contributed by atoms with Gasteiger partial charge in [0, 0.05) is 11.6 Å². The van der Waals surface area contributed by atoms with Gasteiger partial charge in [-0.3, -0.25) is 4.79 Å². The quantitative estimate of drug-likeness (QED) is 0.753. The van der Waals surface area contributed by atoms with E-state index in [-0.39, 0.29) is 11.3 Å². The molecule has 0 heterocycles. The summed E-state index contributed by atoms with van der Waals surface area (Å²) in [6.07, 6.45) is 0. The Balaban J connectivity index is 2.38. The van der Waals surface area contributed by atoms with Crippen molar-refractivity contribution in [2.45, 2.75) is 20.8 Å². The predicted octanol–water partition coefficient (Wildman–Crippen LogP) is 4.41. The summed E-state index contributed by atoms with van der Waals surface area (Å²) in [5, 5.41) is 2.41. The molecule has 26 heavy (non-hydrogen) atoms. The molecule has 2 aromatic rings. The highest BCUT2D eigenvalue weighted by molar-refractivity contribution is 6.05. The lowest BCUT2D eigenvalue weighted by atomic mass is 10.1. The summed E-state index contributed by atoms with van der Waals surface area (Å²) in [4.78, 5) is 12.5. The first-order valence-corrected chi connectivity index (χ1v) is 8.32. The van der Waals surface area contributed by atoms with Gasteiger partial charge in [0.2, 0.25) is 5.75 Å². The van der Waals surface area contributed by atoms with E-state index in [1.807, 2.05) is 6.92 Å². The predicted molar refractivity (Wildman–Crippen MR) is 94.3 cm³/mol. The molecule has 0 atom stereocenters. The number of carbonyl (C=O) groups is 1. The molecular formula is C19H21F2NO4. The first kappa shape index (κ1) is 19.5. The molecule has 0 bridgehead atoms. The van der Waals surface area contributed by atoms with E-state index in [1.54, 1.807) is 13.8 Å². The Morgan fingerprint density at radius 1 is 0.923 bits per heavy atom. The van der Waals surface area contributed by atoms with Crippen LogP contribution in [0.1, 0.15) is 31.1 Å². The number of amides is 1. The molecule has 0 aliphatic carbocycles. The van der Waals surface area contributed by atoms with Crippen molar-refractivity contribution < 1.29 is 27.8 Å². The highest BCUT2D eigenvalue weighted by Crippen LogP contribution is 2.39. The topological polar surface area (TPSA) is 56.8 Å². The number of halogens is 2. The van der Waals surface area contributed by atoms with Crippen LogP contribution in [0.2, 0.25) is 0 Å². The van der Waals surface area contributed by atoms with Gasteiger partial charge in [-0.25, -0.2) is 8.78 Å². The van der Waals surface area contributed by atoms with Crippen LogP contribution >= 0.6 is 0 Å². The van der Waals surface area contributed by atoms with Crippen LogP contribution in [0.15, 0.2) is 30.3 Å². The molecule has 0 aliphatic heterocycles. The lowest BCUT2D eigenvalue weighted by Gasteiger charge is -2.17. The third-order valence-electron chi connectivity index (χ3n) is 3.35. The average Bonchev–Trinajstić information content (AvgIpc) is 2.60. The monoisotopic (exact) mass is 365 g/mol. The van der Waals surface area contributed by atoms with Crippen molar-refractivity contribution in [3.05, 3.63) is 47.5 Å². The maximum atomic E-state index is 13.8. The van der Waals surface area contributed by atoms with Crippen LogP contribution in [-0.2, 0) is 0 Å². The zero-order valence-corrected chi connectivity index (χ0v) is 14.9. The third-order valence-corrected chi connectivity index (χ3v) is 3.35. The Hall–Kier alpha value is -2.83. The van der Waals surface area contributed by atoms with E-state index in [2.05, 4.69) is 5.32 Å². The van der Waals surface area contributed by atoms with E-state index in [9.17, 15) is 13.6 Å². The number of ether oxygens (including phenoxy) is 3. The molecule has 0 radical (unpaired) electrons. The van der Waals surface area contributed by atoms with Crippen LogP contribution < -0.4 is 19.5 Å². The van der Waals surface area contributed by atoms with Crippen molar-refractivity contribution in [2.24, 2.45) is 0 Å². The Kier molecular flexibility index (Phi) is 6.77. The summed E-state index contributed by atoms with van der Waals surface area (Å²) in [7, 11) is 0. The molecule has 140 valence electrons. The Labute approximate surface area is 150 Å². The van der Waals surface area contributed by atoms with Crippen molar-refractivity contribution in [1.29, 1.82) is 0 Å². The molecular weight excluding hydrogens is 344 g/mol. The molecule has 0 saturated carbocycles. The SMILES string of the molecule is CCOc1cc(C(=O)Nc2ccc(F)cc2F)cc(OCC)c1OCC. The second-order valence-electron chi connectivity index (χ2n) is 5.18. The van der Waals surface area contributed by atoms with E-state index < -0.39 is 17.5 Å². The first-order valence-electron chi connectivity index (χ1n) is 8.32. The first-order chi connectivity index (χ1) is 12.5. The molecule has 1 amide bonds. The Morgan fingerprint density at radius 3 is 2.00 bits per heavy atom. The third kappa shape index (κ3) is 4.62. The fraction of sp³-hybridized carbons (Fsp3) is 0.316. The summed E-state index contributed by atoms with van der Waals surface area (Å²) in [6.45, 7) is 6.55. The smallest absolute Gasteiger partial charge is 0.256 e. The Bertz CT molecular complexity index is 753. The minimum absolute atomic E-state index is 0.124. The number of nitrogens with one attached hydrogen (secondary N) is 1. The number of benzene rings is 2. The molecule has 0 spiro atoms. The van der Waals surface area contributed by atoms with Gasteiger partial charge in [0.15, 0.2) is 11.5 Å². The van der Waals surface area contributed by atoms with Crippen LogP contribution in [0.4, 0.5) is 14.5 Å². The number of anilines is 1. The van der Waals surface area contributed by atoms with Crippen molar-refractivity contribution in [3.63, 3.8) is 0 Å². The second kappa shape index (κ2) is 9.03. The number of rotatable bonds is 8. The average molecular weight is 365 g/mol. The fourth-order valence-corrected chi connectivity index (χ4v) is 2.31. The molecule has 0 aromatic heterocycles. The van der Waals surface area contributed by atoms with E-state index in [0.29, 0.717) is 43.1 Å². The largest absolute Gasteiger partial charge is 0.490 e. The van der Waals surface area contributed by atoms with E-state index >= 15 is 0 Å². The fourth-order valence-electron chi connectivity index (χ4n) is 2.31. The lowest BCUT2D eigenvalue weighted by molar-refractivity contribution is 0.102. The van der Waals surface area contributed by atoms with Gasteiger partial charge in [-0.05, 0) is 45.0 Å². The van der Waals surface area contributed by atoms with Gasteiger partial charge in [-0.2, -0.15) is 0 Å². The van der Waals surface area contributed by atoms with Crippen molar-refractivity contribution in [2.75, 3.05) is 25.1 Å². The van der Waals surface area contributed by atoms with Gasteiger partial charge < -0.3 is 19.5 Å². The van der Waals surface area contributed by atoms with Crippen molar-refractivity contribution >= 4 is 11.6 Å². The number of hydrogen-bond acceptors (Lipinski definition) is 4. The van der Waals surface area contributed by atoms with Crippen LogP contribution in [0.3, 0.4) is 0 Å².